The Morgan fingerprint density at radius 1 is 1.04 bits per heavy atom. The van der Waals surface area contributed by atoms with Crippen LogP contribution in [0.2, 0.25) is 0 Å². The predicted octanol–water partition coefficient (Wildman–Crippen LogP) is 5.34. The van der Waals surface area contributed by atoms with E-state index in [0.29, 0.717) is 10.7 Å². The smallest absolute Gasteiger partial charge is 0.258 e. The Kier molecular flexibility index (Phi) is 7.11. The third kappa shape index (κ3) is 5.33. The molecule has 0 radical (unpaired) electrons. The van der Waals surface area contributed by atoms with Crippen LogP contribution in [0.15, 0.2) is 59.5 Å². The van der Waals surface area contributed by atoms with Gasteiger partial charge in [0.2, 0.25) is 5.13 Å². The minimum atomic E-state index is -0.138. The third-order valence-electron chi connectivity index (χ3n) is 3.46. The molecule has 2 aromatic carbocycles. The molecule has 0 atom stereocenters. The third-order valence-corrected chi connectivity index (χ3v) is 6.45. The summed E-state index contributed by atoms with van der Waals surface area (Å²) in [6.45, 7) is 2.07. The van der Waals surface area contributed by atoms with E-state index in [1.807, 2.05) is 42.5 Å². The highest BCUT2D eigenvalue weighted by Gasteiger charge is 2.13. The zero-order valence-electron chi connectivity index (χ0n) is 14.3. The second-order valence-electron chi connectivity index (χ2n) is 5.36. The summed E-state index contributed by atoms with van der Waals surface area (Å²) < 4.78 is 0. The molecule has 1 N–H and O–H groups in total. The van der Waals surface area contributed by atoms with Crippen molar-refractivity contribution in [3.8, 4) is 0 Å². The Hall–Kier alpha value is -1.83. The summed E-state index contributed by atoms with van der Waals surface area (Å²) in [5, 5.41) is 12.6. The quantitative estimate of drug-likeness (QED) is 0.517. The second kappa shape index (κ2) is 9.75. The van der Waals surface area contributed by atoms with Gasteiger partial charge < -0.3 is 0 Å². The number of nitrogens with zero attached hydrogens (tertiary/aromatic N) is 2. The van der Waals surface area contributed by atoms with Gasteiger partial charge in [-0.15, -0.1) is 33.7 Å². The number of nitrogens with one attached hydrogen (secondary N) is 1. The molecule has 3 aromatic rings. The first kappa shape index (κ1) is 18.9. The number of carbonyl (C=O) groups excluding carboxylic acids is 1. The van der Waals surface area contributed by atoms with E-state index in [4.69, 9.17) is 0 Å². The number of amides is 1. The minimum absolute atomic E-state index is 0.138. The Labute approximate surface area is 165 Å². The number of thioether (sulfide) groups is 2. The number of carbonyl (C=O) groups is 1. The van der Waals surface area contributed by atoms with Crippen LogP contribution in [0.25, 0.3) is 0 Å². The highest BCUT2D eigenvalue weighted by Crippen LogP contribution is 2.25. The number of aromatic nitrogens is 2. The average molecular weight is 402 g/mol. The molecule has 3 rings (SSSR count). The Balaban J connectivity index is 1.55. The Bertz CT molecular complexity index is 852. The largest absolute Gasteiger partial charge is 0.296 e. The highest BCUT2D eigenvalue weighted by atomic mass is 32.2. The summed E-state index contributed by atoms with van der Waals surface area (Å²) in [5.74, 6) is 2.50. The molecule has 26 heavy (non-hydrogen) atoms. The first-order valence-electron chi connectivity index (χ1n) is 8.23. The predicted molar refractivity (Wildman–Crippen MR) is 112 cm³/mol. The van der Waals surface area contributed by atoms with E-state index in [1.165, 1.54) is 16.9 Å². The zero-order chi connectivity index (χ0) is 18.2. The number of anilines is 1. The molecular formula is C19H19N3OS3. The monoisotopic (exact) mass is 401 g/mol. The van der Waals surface area contributed by atoms with Crippen LogP contribution in [0.4, 0.5) is 5.13 Å². The number of hydrogen-bond donors (Lipinski definition) is 1. The number of rotatable bonds is 8. The lowest BCUT2D eigenvalue weighted by molar-refractivity contribution is 0.102. The molecule has 0 saturated heterocycles. The highest BCUT2D eigenvalue weighted by molar-refractivity contribution is 7.99. The van der Waals surface area contributed by atoms with Crippen molar-refractivity contribution in [2.75, 3.05) is 11.1 Å². The van der Waals surface area contributed by atoms with Crippen LogP contribution in [0.1, 0.15) is 27.9 Å². The zero-order valence-corrected chi connectivity index (χ0v) is 16.8. The molecule has 1 amide bonds. The maximum atomic E-state index is 12.5. The van der Waals surface area contributed by atoms with E-state index >= 15 is 0 Å². The minimum Gasteiger partial charge on any atom is -0.296 e. The standard InChI is InChI=1S/C19H19N3OS3/c1-2-25-16-11-7-6-10-15(16)18(23)20-19-22-21-17(26-19)13-24-12-14-8-4-3-5-9-14/h3-11H,2,12-13H2,1H3,(H,20,22,23). The van der Waals surface area contributed by atoms with Crippen molar-refractivity contribution < 1.29 is 4.79 Å². The maximum Gasteiger partial charge on any atom is 0.258 e. The van der Waals surface area contributed by atoms with Crippen LogP contribution in [-0.2, 0) is 11.5 Å². The molecular weight excluding hydrogens is 382 g/mol. The van der Waals surface area contributed by atoms with Gasteiger partial charge in [0.1, 0.15) is 5.01 Å². The van der Waals surface area contributed by atoms with Crippen LogP contribution >= 0.6 is 34.9 Å². The molecule has 0 spiro atoms. The molecule has 134 valence electrons. The van der Waals surface area contributed by atoms with Gasteiger partial charge in [0.05, 0.1) is 5.56 Å². The molecule has 0 fully saturated rings. The fourth-order valence-corrected chi connectivity index (χ4v) is 4.87. The topological polar surface area (TPSA) is 54.9 Å². The summed E-state index contributed by atoms with van der Waals surface area (Å²) in [6, 6.07) is 18.0. The molecule has 0 saturated carbocycles. The first-order chi connectivity index (χ1) is 12.8. The van der Waals surface area contributed by atoms with Crippen LogP contribution in [0.3, 0.4) is 0 Å². The van der Waals surface area contributed by atoms with Gasteiger partial charge in [0, 0.05) is 16.4 Å². The molecule has 1 heterocycles. The van der Waals surface area contributed by atoms with Gasteiger partial charge >= 0.3 is 0 Å². The van der Waals surface area contributed by atoms with Gasteiger partial charge in [-0.25, -0.2) is 0 Å². The molecule has 7 heteroatoms. The van der Waals surface area contributed by atoms with E-state index in [9.17, 15) is 4.79 Å². The first-order valence-corrected chi connectivity index (χ1v) is 11.2. The average Bonchev–Trinajstić information content (AvgIpc) is 3.10. The Morgan fingerprint density at radius 2 is 1.81 bits per heavy atom. The van der Waals surface area contributed by atoms with Crippen molar-refractivity contribution in [2.24, 2.45) is 0 Å². The molecule has 0 aliphatic heterocycles. The summed E-state index contributed by atoms with van der Waals surface area (Å²) in [4.78, 5) is 13.5. The van der Waals surface area contributed by atoms with Crippen molar-refractivity contribution in [1.29, 1.82) is 0 Å². The molecule has 1 aromatic heterocycles. The van der Waals surface area contributed by atoms with Gasteiger partial charge in [0.15, 0.2) is 0 Å². The SMILES string of the molecule is CCSc1ccccc1C(=O)Nc1nnc(CSCc2ccccc2)s1. The van der Waals surface area contributed by atoms with Crippen LogP contribution < -0.4 is 5.32 Å². The lowest BCUT2D eigenvalue weighted by Gasteiger charge is -2.06. The summed E-state index contributed by atoms with van der Waals surface area (Å²) >= 11 is 4.88. The van der Waals surface area contributed by atoms with E-state index in [2.05, 4.69) is 34.6 Å². The van der Waals surface area contributed by atoms with Crippen molar-refractivity contribution in [1.82, 2.24) is 10.2 Å². The van der Waals surface area contributed by atoms with Crippen LogP contribution in [0.5, 0.6) is 0 Å². The van der Waals surface area contributed by atoms with E-state index in [0.717, 1.165) is 27.2 Å². The van der Waals surface area contributed by atoms with E-state index < -0.39 is 0 Å². The summed E-state index contributed by atoms with van der Waals surface area (Å²) in [5.41, 5.74) is 1.97. The van der Waals surface area contributed by atoms with Crippen molar-refractivity contribution in [3.05, 3.63) is 70.7 Å². The maximum absolute atomic E-state index is 12.5. The lowest BCUT2D eigenvalue weighted by atomic mass is 10.2. The van der Waals surface area contributed by atoms with E-state index in [-0.39, 0.29) is 5.91 Å². The molecule has 0 aliphatic carbocycles. The van der Waals surface area contributed by atoms with Gasteiger partial charge in [-0.1, -0.05) is 60.7 Å². The Morgan fingerprint density at radius 3 is 2.62 bits per heavy atom. The van der Waals surface area contributed by atoms with E-state index in [1.54, 1.807) is 23.5 Å². The summed E-state index contributed by atoms with van der Waals surface area (Å²) in [7, 11) is 0. The fraction of sp³-hybridized carbons (Fsp3) is 0.211. The van der Waals surface area contributed by atoms with Gasteiger partial charge in [-0.2, -0.15) is 0 Å². The van der Waals surface area contributed by atoms with Crippen LogP contribution in [-0.4, -0.2) is 21.9 Å². The fourth-order valence-electron chi connectivity index (χ4n) is 2.29. The van der Waals surface area contributed by atoms with Gasteiger partial charge in [-0.3, -0.25) is 10.1 Å². The number of hydrogen-bond acceptors (Lipinski definition) is 6. The van der Waals surface area contributed by atoms with Crippen molar-refractivity contribution in [3.63, 3.8) is 0 Å². The van der Waals surface area contributed by atoms with Crippen molar-refractivity contribution in [2.45, 2.75) is 23.3 Å². The molecule has 0 unspecified atom stereocenters. The molecule has 4 nitrogen and oxygen atoms in total. The van der Waals surface area contributed by atoms with Crippen LogP contribution in [0, 0.1) is 0 Å². The van der Waals surface area contributed by atoms with Crippen molar-refractivity contribution >= 4 is 45.9 Å². The normalized spacial score (nSPS) is 10.7. The lowest BCUT2D eigenvalue weighted by Crippen LogP contribution is -2.12. The molecule has 0 aliphatic rings. The molecule has 0 bridgehead atoms. The summed E-state index contributed by atoms with van der Waals surface area (Å²) in [6.07, 6.45) is 0. The van der Waals surface area contributed by atoms with Gasteiger partial charge in [-0.05, 0) is 23.4 Å². The second-order valence-corrected chi connectivity index (χ2v) is 8.72. The van der Waals surface area contributed by atoms with Gasteiger partial charge in [0.25, 0.3) is 5.91 Å². The number of benzene rings is 2.